The van der Waals surface area contributed by atoms with Crippen molar-refractivity contribution in [3.8, 4) is 11.5 Å². The second-order valence-corrected chi connectivity index (χ2v) is 7.45. The van der Waals surface area contributed by atoms with Gasteiger partial charge in [0, 0.05) is 6.04 Å². The molecule has 23 heavy (non-hydrogen) atoms. The normalized spacial score (nSPS) is 21.3. The molecule has 2 aliphatic rings. The summed E-state index contributed by atoms with van der Waals surface area (Å²) in [5, 5.41) is 9.66. The Labute approximate surface area is 145 Å². The maximum absolute atomic E-state index is 12.7. The van der Waals surface area contributed by atoms with Gasteiger partial charge in [-0.2, -0.15) is 0 Å². The number of hydrogen-bond donors (Lipinski definition) is 1. The van der Waals surface area contributed by atoms with Gasteiger partial charge in [-0.05, 0) is 36.6 Å². The third-order valence-corrected chi connectivity index (χ3v) is 5.60. The highest BCUT2D eigenvalue weighted by atomic mass is 32.2. The van der Waals surface area contributed by atoms with Crippen molar-refractivity contribution in [3.63, 3.8) is 0 Å². The molecule has 1 amide bonds. The van der Waals surface area contributed by atoms with E-state index in [-0.39, 0.29) is 17.7 Å². The molecule has 1 saturated heterocycles. The number of benzene rings is 1. The minimum atomic E-state index is -0.000980. The Kier molecular flexibility index (Phi) is 4.92. The van der Waals surface area contributed by atoms with Gasteiger partial charge in [0.15, 0.2) is 11.5 Å². The number of thiocarbonyl (C=S) groups is 1. The van der Waals surface area contributed by atoms with E-state index in [2.05, 4.69) is 0 Å². The third-order valence-electron chi connectivity index (χ3n) is 4.26. The predicted octanol–water partition coefficient (Wildman–Crippen LogP) is 3.93. The molecule has 0 aromatic heterocycles. The number of hydrogen-bond acceptors (Lipinski definition) is 5. The maximum atomic E-state index is 12.7. The minimum absolute atomic E-state index is 0.000980. The molecule has 1 aromatic rings. The Bertz CT molecular complexity index is 666. The Morgan fingerprint density at radius 3 is 2.78 bits per heavy atom. The highest BCUT2D eigenvalue weighted by Crippen LogP contribution is 2.38. The van der Waals surface area contributed by atoms with Crippen LogP contribution in [0.2, 0.25) is 0 Å². The second-order valence-electron chi connectivity index (χ2n) is 5.77. The second kappa shape index (κ2) is 6.93. The van der Waals surface area contributed by atoms with Crippen LogP contribution in [0.4, 0.5) is 0 Å². The van der Waals surface area contributed by atoms with Gasteiger partial charge in [-0.15, -0.1) is 0 Å². The van der Waals surface area contributed by atoms with E-state index in [1.165, 1.54) is 25.3 Å². The van der Waals surface area contributed by atoms with Gasteiger partial charge in [0.1, 0.15) is 4.32 Å². The number of rotatable bonds is 3. The van der Waals surface area contributed by atoms with Gasteiger partial charge < -0.3 is 9.84 Å². The largest absolute Gasteiger partial charge is 0.504 e. The van der Waals surface area contributed by atoms with Gasteiger partial charge in [0.2, 0.25) is 0 Å². The lowest BCUT2D eigenvalue weighted by Gasteiger charge is -2.29. The molecule has 1 aromatic carbocycles. The average Bonchev–Trinajstić information content (AvgIpc) is 2.84. The van der Waals surface area contributed by atoms with Crippen molar-refractivity contribution in [2.24, 2.45) is 0 Å². The highest BCUT2D eigenvalue weighted by molar-refractivity contribution is 8.26. The molecule has 1 saturated carbocycles. The molecule has 0 bridgehead atoms. The fourth-order valence-electron chi connectivity index (χ4n) is 3.07. The SMILES string of the molecule is COc1cc(C=C2SC(=S)N(C3CCCCC3)C2=O)ccc1O. The summed E-state index contributed by atoms with van der Waals surface area (Å²) >= 11 is 6.78. The first-order valence-electron chi connectivity index (χ1n) is 7.74. The average molecular weight is 349 g/mol. The van der Waals surface area contributed by atoms with Crippen molar-refractivity contribution < 1.29 is 14.6 Å². The van der Waals surface area contributed by atoms with E-state index in [0.29, 0.717) is 15.0 Å². The number of methoxy groups -OCH3 is 1. The molecule has 0 radical (unpaired) electrons. The molecule has 1 heterocycles. The molecule has 1 aliphatic heterocycles. The summed E-state index contributed by atoms with van der Waals surface area (Å²) in [4.78, 5) is 15.1. The van der Waals surface area contributed by atoms with Crippen LogP contribution >= 0.6 is 24.0 Å². The van der Waals surface area contributed by atoms with Gasteiger partial charge >= 0.3 is 0 Å². The van der Waals surface area contributed by atoms with Crippen LogP contribution in [-0.2, 0) is 4.79 Å². The van der Waals surface area contributed by atoms with Crippen LogP contribution in [-0.4, -0.2) is 33.4 Å². The zero-order valence-electron chi connectivity index (χ0n) is 12.9. The zero-order chi connectivity index (χ0) is 16.4. The van der Waals surface area contributed by atoms with Crippen LogP contribution in [0.25, 0.3) is 6.08 Å². The highest BCUT2D eigenvalue weighted by Gasteiger charge is 2.37. The number of phenolic OH excluding ortho intramolecular Hbond substituents is 1. The molecular weight excluding hydrogens is 330 g/mol. The van der Waals surface area contributed by atoms with Crippen molar-refractivity contribution in [2.75, 3.05) is 7.11 Å². The first kappa shape index (κ1) is 16.3. The number of ether oxygens (including phenoxy) is 1. The van der Waals surface area contributed by atoms with Gasteiger partial charge in [-0.1, -0.05) is 49.3 Å². The van der Waals surface area contributed by atoms with Crippen LogP contribution in [0.5, 0.6) is 11.5 Å². The maximum Gasteiger partial charge on any atom is 0.266 e. The van der Waals surface area contributed by atoms with Crippen molar-refractivity contribution in [3.05, 3.63) is 28.7 Å². The van der Waals surface area contributed by atoms with Crippen molar-refractivity contribution >= 4 is 40.3 Å². The molecule has 4 nitrogen and oxygen atoms in total. The summed E-state index contributed by atoms with van der Waals surface area (Å²) in [6, 6.07) is 5.27. The third kappa shape index (κ3) is 3.38. The molecule has 3 rings (SSSR count). The summed E-state index contributed by atoms with van der Waals surface area (Å²) in [6.45, 7) is 0. The van der Waals surface area contributed by atoms with Crippen LogP contribution in [0.1, 0.15) is 37.7 Å². The Balaban J connectivity index is 1.83. The Morgan fingerprint density at radius 1 is 1.35 bits per heavy atom. The van der Waals surface area contributed by atoms with Crippen LogP contribution in [0.3, 0.4) is 0 Å². The van der Waals surface area contributed by atoms with E-state index in [9.17, 15) is 9.90 Å². The number of thioether (sulfide) groups is 1. The first-order valence-corrected chi connectivity index (χ1v) is 8.96. The summed E-state index contributed by atoms with van der Waals surface area (Å²) in [5.74, 6) is 0.472. The van der Waals surface area contributed by atoms with Crippen LogP contribution < -0.4 is 4.74 Å². The number of carbonyl (C=O) groups excluding carboxylic acids is 1. The standard InChI is InChI=1S/C17H19NO3S2/c1-21-14-9-11(7-8-13(14)19)10-15-16(20)18(17(22)23-15)12-5-3-2-4-6-12/h7-10,12,19H,2-6H2,1H3. The van der Waals surface area contributed by atoms with Crippen LogP contribution in [0, 0.1) is 0 Å². The van der Waals surface area contributed by atoms with E-state index in [1.807, 2.05) is 6.08 Å². The monoisotopic (exact) mass is 349 g/mol. The molecule has 0 spiro atoms. The van der Waals surface area contributed by atoms with Crippen molar-refractivity contribution in [1.29, 1.82) is 0 Å². The minimum Gasteiger partial charge on any atom is -0.504 e. The quantitative estimate of drug-likeness (QED) is 0.662. The lowest BCUT2D eigenvalue weighted by Crippen LogP contribution is -2.39. The summed E-state index contributed by atoms with van der Waals surface area (Å²) in [7, 11) is 1.50. The molecule has 1 N–H and O–H groups in total. The van der Waals surface area contributed by atoms with Gasteiger partial charge in [0.05, 0.1) is 12.0 Å². The first-order chi connectivity index (χ1) is 11.1. The summed E-state index contributed by atoms with van der Waals surface area (Å²) in [5.41, 5.74) is 0.809. The molecule has 6 heteroatoms. The Morgan fingerprint density at radius 2 is 2.09 bits per heavy atom. The van der Waals surface area contributed by atoms with E-state index in [0.717, 1.165) is 31.2 Å². The van der Waals surface area contributed by atoms with E-state index in [1.54, 1.807) is 23.1 Å². The fourth-order valence-corrected chi connectivity index (χ4v) is 4.47. The fraction of sp³-hybridized carbons (Fsp3) is 0.412. The Hall–Kier alpha value is -1.53. The molecule has 2 fully saturated rings. The summed E-state index contributed by atoms with van der Waals surface area (Å²) in [6.07, 6.45) is 7.45. The molecule has 1 aliphatic carbocycles. The van der Waals surface area contributed by atoms with Crippen molar-refractivity contribution in [2.45, 2.75) is 38.1 Å². The number of phenols is 1. The molecule has 0 unspecified atom stereocenters. The molecule has 0 atom stereocenters. The van der Waals surface area contributed by atoms with E-state index >= 15 is 0 Å². The number of nitrogens with zero attached hydrogens (tertiary/aromatic N) is 1. The number of amides is 1. The van der Waals surface area contributed by atoms with E-state index in [4.69, 9.17) is 17.0 Å². The number of carbonyl (C=O) groups is 1. The smallest absolute Gasteiger partial charge is 0.266 e. The lowest BCUT2D eigenvalue weighted by molar-refractivity contribution is -0.124. The number of aromatic hydroxyl groups is 1. The van der Waals surface area contributed by atoms with Gasteiger partial charge in [-0.3, -0.25) is 9.69 Å². The van der Waals surface area contributed by atoms with E-state index < -0.39 is 0 Å². The molecular formula is C17H19NO3S2. The topological polar surface area (TPSA) is 49.8 Å². The van der Waals surface area contributed by atoms with Gasteiger partial charge in [-0.25, -0.2) is 0 Å². The lowest BCUT2D eigenvalue weighted by atomic mass is 9.94. The predicted molar refractivity (Wildman–Crippen MR) is 96.5 cm³/mol. The zero-order valence-corrected chi connectivity index (χ0v) is 14.6. The molecule has 122 valence electrons. The van der Waals surface area contributed by atoms with Crippen molar-refractivity contribution in [1.82, 2.24) is 4.90 Å². The van der Waals surface area contributed by atoms with Gasteiger partial charge in [0.25, 0.3) is 5.91 Å². The van der Waals surface area contributed by atoms with Crippen LogP contribution in [0.15, 0.2) is 23.1 Å². The summed E-state index contributed by atoms with van der Waals surface area (Å²) < 4.78 is 5.76.